The maximum Gasteiger partial charge on any atom is 0.233 e. The van der Waals surface area contributed by atoms with E-state index in [1.54, 1.807) is 4.90 Å². The Hall–Kier alpha value is -1.15. The van der Waals surface area contributed by atoms with Crippen molar-refractivity contribution < 1.29 is 13.2 Å². The number of sulfone groups is 1. The van der Waals surface area contributed by atoms with Gasteiger partial charge in [0, 0.05) is 23.7 Å². The Balaban J connectivity index is 2.10. The number of carbonyl (C=O) groups is 1. The van der Waals surface area contributed by atoms with Gasteiger partial charge < -0.3 is 4.90 Å². The second-order valence-corrected chi connectivity index (χ2v) is 10.5. The maximum atomic E-state index is 12.9. The molecule has 146 valence electrons. The van der Waals surface area contributed by atoms with Crippen molar-refractivity contribution in [1.29, 1.82) is 0 Å². The van der Waals surface area contributed by atoms with Crippen LogP contribution in [0, 0.1) is 6.92 Å². The van der Waals surface area contributed by atoms with Gasteiger partial charge in [0.2, 0.25) is 5.91 Å². The monoisotopic (exact) mass is 399 g/mol. The Kier molecular flexibility index (Phi) is 7.07. The van der Waals surface area contributed by atoms with Crippen molar-refractivity contribution in [2.45, 2.75) is 70.5 Å². The van der Waals surface area contributed by atoms with E-state index in [1.165, 1.54) is 11.8 Å². The first-order valence-electron chi connectivity index (χ1n) is 9.13. The summed E-state index contributed by atoms with van der Waals surface area (Å²) < 4.78 is 23.7. The van der Waals surface area contributed by atoms with E-state index in [2.05, 4.69) is 9.97 Å². The number of aryl methyl sites for hydroxylation is 1. The molecule has 0 N–H and O–H groups in total. The maximum absolute atomic E-state index is 12.9. The summed E-state index contributed by atoms with van der Waals surface area (Å²) in [6, 6.07) is 1.71. The van der Waals surface area contributed by atoms with Gasteiger partial charge in [0.25, 0.3) is 0 Å². The number of amides is 1. The van der Waals surface area contributed by atoms with E-state index >= 15 is 0 Å². The summed E-state index contributed by atoms with van der Waals surface area (Å²) in [6.07, 6.45) is 1.34. The van der Waals surface area contributed by atoms with Gasteiger partial charge in [-0.05, 0) is 32.8 Å². The van der Waals surface area contributed by atoms with Crippen LogP contribution in [-0.2, 0) is 14.6 Å². The van der Waals surface area contributed by atoms with E-state index in [0.29, 0.717) is 6.42 Å². The quantitative estimate of drug-likeness (QED) is 0.518. The molecule has 2 heterocycles. The van der Waals surface area contributed by atoms with Crippen LogP contribution in [-0.4, -0.2) is 58.5 Å². The molecule has 1 aromatic heterocycles. The summed E-state index contributed by atoms with van der Waals surface area (Å²) in [4.78, 5) is 23.6. The number of hydrogen-bond donors (Lipinski definition) is 0. The predicted octanol–water partition coefficient (Wildman–Crippen LogP) is 2.81. The Labute approximate surface area is 161 Å². The molecule has 2 atom stereocenters. The summed E-state index contributed by atoms with van der Waals surface area (Å²) >= 11 is 1.40. The van der Waals surface area contributed by atoms with Gasteiger partial charge in [0.1, 0.15) is 10.9 Å². The largest absolute Gasteiger partial charge is 0.335 e. The number of nitrogens with zero attached hydrogens (tertiary/aromatic N) is 3. The van der Waals surface area contributed by atoms with E-state index in [4.69, 9.17) is 0 Å². The van der Waals surface area contributed by atoms with Gasteiger partial charge >= 0.3 is 0 Å². The average molecular weight is 400 g/mol. The molecule has 2 rings (SSSR count). The zero-order chi connectivity index (χ0) is 19.5. The van der Waals surface area contributed by atoms with Gasteiger partial charge in [-0.25, -0.2) is 18.4 Å². The molecule has 0 aromatic carbocycles. The first-order chi connectivity index (χ1) is 12.1. The Bertz CT molecular complexity index is 750. The summed E-state index contributed by atoms with van der Waals surface area (Å²) in [5.41, 5.74) is 0.888. The minimum atomic E-state index is -3.02. The van der Waals surface area contributed by atoms with Crippen molar-refractivity contribution in [1.82, 2.24) is 14.9 Å². The normalized spacial score (nSPS) is 20.3. The fourth-order valence-electron chi connectivity index (χ4n) is 3.10. The standard InChI is InChI=1S/C18H29N3O3S2/c1-6-14(5)21(15-7-8-26(23,24)11-15)17(22)10-25-16-9-13(4)19-18(20-16)12(2)3/h9,12,14-15H,6-8,10-11H2,1-5H3/t14-,15-/m0/s1. The SMILES string of the molecule is CC[C@H](C)N(C(=O)CSc1cc(C)nc(C(C)C)n1)[C@H]1CCS(=O)(=O)C1. The zero-order valence-electron chi connectivity index (χ0n) is 16.2. The molecule has 1 aliphatic heterocycles. The first kappa shape index (κ1) is 21.2. The second-order valence-electron chi connectivity index (χ2n) is 7.26. The van der Waals surface area contributed by atoms with Crippen LogP contribution in [0.4, 0.5) is 0 Å². The van der Waals surface area contributed by atoms with Gasteiger partial charge in [0.15, 0.2) is 9.84 Å². The third kappa shape index (κ3) is 5.42. The number of aromatic nitrogens is 2. The molecule has 0 spiro atoms. The number of hydrogen-bond acceptors (Lipinski definition) is 6. The smallest absolute Gasteiger partial charge is 0.233 e. The van der Waals surface area contributed by atoms with E-state index < -0.39 is 9.84 Å². The zero-order valence-corrected chi connectivity index (χ0v) is 17.9. The Morgan fingerprint density at radius 2 is 2.04 bits per heavy atom. The molecule has 0 bridgehead atoms. The highest BCUT2D eigenvalue weighted by atomic mass is 32.2. The molecule has 0 aliphatic carbocycles. The minimum Gasteiger partial charge on any atom is -0.335 e. The molecule has 1 aliphatic rings. The number of carbonyl (C=O) groups excluding carboxylic acids is 1. The van der Waals surface area contributed by atoms with Crippen molar-refractivity contribution >= 4 is 27.5 Å². The van der Waals surface area contributed by atoms with Crippen LogP contribution in [0.25, 0.3) is 0 Å². The number of thioether (sulfide) groups is 1. The molecule has 1 fully saturated rings. The second kappa shape index (κ2) is 8.69. The highest BCUT2D eigenvalue weighted by Gasteiger charge is 2.36. The van der Waals surface area contributed by atoms with Crippen molar-refractivity contribution in [3.63, 3.8) is 0 Å². The molecule has 6 nitrogen and oxygen atoms in total. The lowest BCUT2D eigenvalue weighted by Crippen LogP contribution is -2.47. The molecule has 1 saturated heterocycles. The van der Waals surface area contributed by atoms with Crippen LogP contribution in [0.15, 0.2) is 11.1 Å². The molecule has 0 saturated carbocycles. The van der Waals surface area contributed by atoms with Gasteiger partial charge in [-0.2, -0.15) is 0 Å². The summed E-state index contributed by atoms with van der Waals surface area (Å²) in [7, 11) is -3.02. The fourth-order valence-corrected chi connectivity index (χ4v) is 5.65. The predicted molar refractivity (Wildman–Crippen MR) is 105 cm³/mol. The van der Waals surface area contributed by atoms with Gasteiger partial charge in [-0.3, -0.25) is 4.79 Å². The van der Waals surface area contributed by atoms with E-state index in [0.717, 1.165) is 23.0 Å². The van der Waals surface area contributed by atoms with Crippen LogP contribution in [0.2, 0.25) is 0 Å². The van der Waals surface area contributed by atoms with Crippen LogP contribution >= 0.6 is 11.8 Å². The van der Waals surface area contributed by atoms with Gasteiger partial charge in [0.05, 0.1) is 17.3 Å². The number of rotatable bonds is 7. The van der Waals surface area contributed by atoms with Crippen LogP contribution < -0.4 is 0 Å². The van der Waals surface area contributed by atoms with Crippen LogP contribution in [0.1, 0.15) is 58.0 Å². The van der Waals surface area contributed by atoms with Gasteiger partial charge in [-0.1, -0.05) is 32.5 Å². The molecular weight excluding hydrogens is 370 g/mol. The summed E-state index contributed by atoms with van der Waals surface area (Å²) in [5, 5.41) is 0.790. The molecule has 0 unspecified atom stereocenters. The van der Waals surface area contributed by atoms with Crippen molar-refractivity contribution in [2.75, 3.05) is 17.3 Å². The fraction of sp³-hybridized carbons (Fsp3) is 0.722. The molecule has 0 radical (unpaired) electrons. The summed E-state index contributed by atoms with van der Waals surface area (Å²) in [5.74, 6) is 1.50. The van der Waals surface area contributed by atoms with Crippen LogP contribution in [0.3, 0.4) is 0 Å². The van der Waals surface area contributed by atoms with E-state index in [9.17, 15) is 13.2 Å². The third-order valence-corrected chi connectivity index (χ3v) is 7.31. The molecule has 1 aromatic rings. The molecule has 8 heteroatoms. The minimum absolute atomic E-state index is 0.0196. The molecule has 1 amide bonds. The topological polar surface area (TPSA) is 80.2 Å². The lowest BCUT2D eigenvalue weighted by Gasteiger charge is -2.33. The van der Waals surface area contributed by atoms with Gasteiger partial charge in [-0.15, -0.1) is 0 Å². The molecule has 26 heavy (non-hydrogen) atoms. The Morgan fingerprint density at radius 1 is 1.35 bits per heavy atom. The lowest BCUT2D eigenvalue weighted by atomic mass is 10.1. The van der Waals surface area contributed by atoms with E-state index in [1.807, 2.05) is 40.7 Å². The van der Waals surface area contributed by atoms with E-state index in [-0.39, 0.29) is 41.2 Å². The highest BCUT2D eigenvalue weighted by molar-refractivity contribution is 7.99. The van der Waals surface area contributed by atoms with Crippen LogP contribution in [0.5, 0.6) is 0 Å². The lowest BCUT2D eigenvalue weighted by molar-refractivity contribution is -0.132. The Morgan fingerprint density at radius 3 is 2.58 bits per heavy atom. The van der Waals surface area contributed by atoms with Crippen molar-refractivity contribution in [3.05, 3.63) is 17.6 Å². The third-order valence-electron chi connectivity index (χ3n) is 4.66. The molecular formula is C18H29N3O3S2. The first-order valence-corrected chi connectivity index (χ1v) is 11.9. The van der Waals surface area contributed by atoms with Crippen molar-refractivity contribution in [3.8, 4) is 0 Å². The summed E-state index contributed by atoms with van der Waals surface area (Å²) in [6.45, 7) is 10.0. The van der Waals surface area contributed by atoms with Crippen molar-refractivity contribution in [2.24, 2.45) is 0 Å². The highest BCUT2D eigenvalue weighted by Crippen LogP contribution is 2.24. The average Bonchev–Trinajstić information content (AvgIpc) is 2.91.